The summed E-state index contributed by atoms with van der Waals surface area (Å²) in [5.74, 6) is 0.432. The molecule has 3 aromatic rings. The van der Waals surface area contributed by atoms with Crippen LogP contribution in [0.4, 0.5) is 0 Å². The van der Waals surface area contributed by atoms with E-state index in [-0.39, 0.29) is 11.7 Å². The van der Waals surface area contributed by atoms with Gasteiger partial charge >= 0.3 is 0 Å². The summed E-state index contributed by atoms with van der Waals surface area (Å²) in [6.45, 7) is 2.72. The van der Waals surface area contributed by atoms with Crippen LogP contribution in [0, 0.1) is 0 Å². The van der Waals surface area contributed by atoms with Crippen molar-refractivity contribution < 1.29 is 9.32 Å². The molecular formula is C21H23N3O2. The molecule has 2 heterocycles. The van der Waals surface area contributed by atoms with Gasteiger partial charge in [0.15, 0.2) is 0 Å². The first-order valence-corrected chi connectivity index (χ1v) is 8.79. The van der Waals surface area contributed by atoms with Gasteiger partial charge in [-0.3, -0.25) is 9.78 Å². The molecule has 0 aliphatic rings. The van der Waals surface area contributed by atoms with Crippen LogP contribution >= 0.6 is 0 Å². The van der Waals surface area contributed by atoms with E-state index in [1.165, 1.54) is 5.56 Å². The molecule has 0 saturated carbocycles. The third-order valence-electron chi connectivity index (χ3n) is 4.43. The summed E-state index contributed by atoms with van der Waals surface area (Å²) in [7, 11) is 1.76. The van der Waals surface area contributed by atoms with Crippen molar-refractivity contribution >= 4 is 5.91 Å². The van der Waals surface area contributed by atoms with E-state index in [0.29, 0.717) is 18.9 Å². The number of rotatable bonds is 7. The minimum atomic E-state index is -0.160. The standard InChI is InChI=1S/C21H23N3O2/c1-16(17-8-4-3-5-9-17)14-19-15-20(26-23-19)21(25)24(2)13-11-18-10-6-7-12-22-18/h3-10,12,15-16H,11,13-14H2,1-2H3. The first-order valence-electron chi connectivity index (χ1n) is 8.79. The number of carbonyl (C=O) groups is 1. The number of nitrogens with zero attached hydrogens (tertiary/aromatic N) is 3. The summed E-state index contributed by atoms with van der Waals surface area (Å²) >= 11 is 0. The first-order chi connectivity index (χ1) is 12.6. The molecule has 2 aromatic heterocycles. The van der Waals surface area contributed by atoms with Gasteiger partial charge < -0.3 is 9.42 Å². The van der Waals surface area contributed by atoms with Gasteiger partial charge in [-0.1, -0.05) is 48.5 Å². The molecule has 1 amide bonds. The Kier molecular flexibility index (Phi) is 5.79. The zero-order valence-corrected chi connectivity index (χ0v) is 15.1. The highest BCUT2D eigenvalue weighted by molar-refractivity contribution is 5.91. The highest BCUT2D eigenvalue weighted by Gasteiger charge is 2.18. The van der Waals surface area contributed by atoms with Crippen molar-refractivity contribution in [3.05, 3.63) is 83.5 Å². The molecule has 3 rings (SSSR count). The third-order valence-corrected chi connectivity index (χ3v) is 4.43. The van der Waals surface area contributed by atoms with Gasteiger partial charge in [-0.25, -0.2) is 0 Å². The number of carbonyl (C=O) groups excluding carboxylic acids is 1. The summed E-state index contributed by atoms with van der Waals surface area (Å²) in [5, 5.41) is 4.07. The zero-order valence-electron chi connectivity index (χ0n) is 15.1. The summed E-state index contributed by atoms with van der Waals surface area (Å²) in [4.78, 5) is 18.4. The molecule has 0 N–H and O–H groups in total. The Morgan fingerprint density at radius 2 is 1.88 bits per heavy atom. The molecule has 0 aliphatic heterocycles. The van der Waals surface area contributed by atoms with E-state index in [1.54, 1.807) is 24.2 Å². The van der Waals surface area contributed by atoms with Gasteiger partial charge in [-0.05, 0) is 30.0 Å². The van der Waals surface area contributed by atoms with Crippen LogP contribution < -0.4 is 0 Å². The lowest BCUT2D eigenvalue weighted by Gasteiger charge is -2.14. The maximum absolute atomic E-state index is 12.5. The molecule has 134 valence electrons. The summed E-state index contributed by atoms with van der Waals surface area (Å²) < 4.78 is 5.28. The monoisotopic (exact) mass is 349 g/mol. The second-order valence-corrected chi connectivity index (χ2v) is 6.50. The Morgan fingerprint density at radius 1 is 1.12 bits per heavy atom. The maximum atomic E-state index is 12.5. The Hall–Kier alpha value is -2.95. The Morgan fingerprint density at radius 3 is 2.62 bits per heavy atom. The zero-order chi connectivity index (χ0) is 18.4. The number of hydrogen-bond donors (Lipinski definition) is 0. The van der Waals surface area contributed by atoms with Crippen LogP contribution in [0.25, 0.3) is 0 Å². The van der Waals surface area contributed by atoms with Crippen LogP contribution in [0.3, 0.4) is 0 Å². The first kappa shape index (κ1) is 17.9. The SMILES string of the molecule is CC(Cc1cc(C(=O)N(C)CCc2ccccn2)on1)c1ccccc1. The van der Waals surface area contributed by atoms with Gasteiger partial charge in [0.25, 0.3) is 5.91 Å². The molecule has 1 unspecified atom stereocenters. The lowest BCUT2D eigenvalue weighted by Crippen LogP contribution is -2.28. The van der Waals surface area contributed by atoms with Gasteiger partial charge in [0.05, 0.1) is 5.69 Å². The minimum absolute atomic E-state index is 0.160. The predicted octanol–water partition coefficient (Wildman–Crippen LogP) is 3.73. The normalized spacial score (nSPS) is 11.9. The Bertz CT molecular complexity index is 831. The smallest absolute Gasteiger partial charge is 0.292 e. The van der Waals surface area contributed by atoms with E-state index >= 15 is 0 Å². The highest BCUT2D eigenvalue weighted by atomic mass is 16.5. The van der Waals surface area contributed by atoms with Crippen molar-refractivity contribution in [1.29, 1.82) is 0 Å². The highest BCUT2D eigenvalue weighted by Crippen LogP contribution is 2.20. The summed E-state index contributed by atoms with van der Waals surface area (Å²) in [5.41, 5.74) is 3.00. The van der Waals surface area contributed by atoms with Crippen LogP contribution in [-0.4, -0.2) is 34.5 Å². The molecule has 5 nitrogen and oxygen atoms in total. The second kappa shape index (κ2) is 8.43. The van der Waals surface area contributed by atoms with Crippen LogP contribution in [0.1, 0.15) is 40.3 Å². The average molecular weight is 349 g/mol. The largest absolute Gasteiger partial charge is 0.351 e. The lowest BCUT2D eigenvalue weighted by molar-refractivity contribution is 0.0755. The molecule has 0 saturated heterocycles. The fourth-order valence-electron chi connectivity index (χ4n) is 2.84. The van der Waals surface area contributed by atoms with Crippen LogP contribution in [0.5, 0.6) is 0 Å². The number of benzene rings is 1. The van der Waals surface area contributed by atoms with E-state index in [1.807, 2.05) is 36.4 Å². The fraction of sp³-hybridized carbons (Fsp3) is 0.286. The fourth-order valence-corrected chi connectivity index (χ4v) is 2.84. The number of aromatic nitrogens is 2. The molecule has 0 spiro atoms. The van der Waals surface area contributed by atoms with E-state index in [2.05, 4.69) is 29.2 Å². The average Bonchev–Trinajstić information content (AvgIpc) is 3.15. The van der Waals surface area contributed by atoms with Crippen LogP contribution in [-0.2, 0) is 12.8 Å². The molecule has 1 aromatic carbocycles. The molecule has 0 radical (unpaired) electrons. The Labute approximate surface area is 153 Å². The van der Waals surface area contributed by atoms with E-state index in [4.69, 9.17) is 4.52 Å². The summed E-state index contributed by atoms with van der Waals surface area (Å²) in [6.07, 6.45) is 3.20. The van der Waals surface area contributed by atoms with Gasteiger partial charge in [0.2, 0.25) is 5.76 Å². The minimum Gasteiger partial charge on any atom is -0.351 e. The van der Waals surface area contributed by atoms with Crippen molar-refractivity contribution in [3.8, 4) is 0 Å². The van der Waals surface area contributed by atoms with E-state index in [0.717, 1.165) is 17.8 Å². The van der Waals surface area contributed by atoms with Crippen molar-refractivity contribution in [2.75, 3.05) is 13.6 Å². The van der Waals surface area contributed by atoms with E-state index < -0.39 is 0 Å². The van der Waals surface area contributed by atoms with Crippen molar-refractivity contribution in [1.82, 2.24) is 15.0 Å². The van der Waals surface area contributed by atoms with Crippen molar-refractivity contribution in [3.63, 3.8) is 0 Å². The van der Waals surface area contributed by atoms with Crippen LogP contribution in [0.2, 0.25) is 0 Å². The molecule has 26 heavy (non-hydrogen) atoms. The number of amides is 1. The van der Waals surface area contributed by atoms with Crippen molar-refractivity contribution in [2.45, 2.75) is 25.7 Å². The lowest BCUT2D eigenvalue weighted by atomic mass is 9.96. The van der Waals surface area contributed by atoms with Gasteiger partial charge in [-0.15, -0.1) is 0 Å². The summed E-state index contributed by atoms with van der Waals surface area (Å²) in [6, 6.07) is 17.8. The van der Waals surface area contributed by atoms with Crippen molar-refractivity contribution in [2.24, 2.45) is 0 Å². The number of hydrogen-bond acceptors (Lipinski definition) is 4. The molecular weight excluding hydrogens is 326 g/mol. The topological polar surface area (TPSA) is 59.2 Å². The molecule has 0 bridgehead atoms. The molecule has 0 aliphatic carbocycles. The predicted molar refractivity (Wildman–Crippen MR) is 100.0 cm³/mol. The van der Waals surface area contributed by atoms with Crippen LogP contribution in [0.15, 0.2) is 65.3 Å². The van der Waals surface area contributed by atoms with Gasteiger partial charge in [0.1, 0.15) is 0 Å². The third kappa shape index (κ3) is 4.57. The van der Waals surface area contributed by atoms with E-state index in [9.17, 15) is 4.79 Å². The molecule has 1 atom stereocenters. The van der Waals surface area contributed by atoms with Gasteiger partial charge in [-0.2, -0.15) is 0 Å². The number of pyridine rings is 1. The maximum Gasteiger partial charge on any atom is 0.292 e. The Balaban J connectivity index is 1.57. The second-order valence-electron chi connectivity index (χ2n) is 6.50. The number of likely N-dealkylation sites (N-methyl/N-ethyl adjacent to an activating group) is 1. The van der Waals surface area contributed by atoms with Gasteiger partial charge in [0, 0.05) is 38.0 Å². The molecule has 5 heteroatoms. The molecule has 0 fully saturated rings. The quantitative estimate of drug-likeness (QED) is 0.652.